The zero-order valence-electron chi connectivity index (χ0n) is 11.7. The number of aromatic carboxylic acids is 1. The van der Waals surface area contributed by atoms with Gasteiger partial charge in [0.1, 0.15) is 5.56 Å². The number of thioether (sulfide) groups is 1. The first-order chi connectivity index (χ1) is 9.15. The van der Waals surface area contributed by atoms with Gasteiger partial charge in [-0.2, -0.15) is 16.9 Å². The monoisotopic (exact) mass is 283 g/mol. The van der Waals surface area contributed by atoms with Crippen molar-refractivity contribution < 1.29 is 9.90 Å². The van der Waals surface area contributed by atoms with Crippen molar-refractivity contribution in [3.8, 4) is 0 Å². The molecular formula is C13H21N3O2S. The van der Waals surface area contributed by atoms with E-state index in [0.717, 1.165) is 23.4 Å². The summed E-state index contributed by atoms with van der Waals surface area (Å²) in [5.74, 6) is 0.493. The summed E-state index contributed by atoms with van der Waals surface area (Å²) < 4.78 is 0. The molecule has 0 fully saturated rings. The number of nitrogens with zero attached hydrogens (tertiary/aromatic N) is 2. The van der Waals surface area contributed by atoms with E-state index in [-0.39, 0.29) is 5.56 Å². The number of hydrogen-bond acceptors (Lipinski definition) is 5. The van der Waals surface area contributed by atoms with Gasteiger partial charge in [-0.3, -0.25) is 0 Å². The van der Waals surface area contributed by atoms with Crippen molar-refractivity contribution in [2.24, 2.45) is 0 Å². The Morgan fingerprint density at radius 2 is 2.05 bits per heavy atom. The summed E-state index contributed by atoms with van der Waals surface area (Å²) >= 11 is 1.77. The van der Waals surface area contributed by atoms with Crippen LogP contribution in [0.5, 0.6) is 0 Å². The number of carboxylic acid groups (broad SMARTS) is 1. The van der Waals surface area contributed by atoms with Crippen LogP contribution in [-0.2, 0) is 12.8 Å². The van der Waals surface area contributed by atoms with Crippen LogP contribution in [0.2, 0.25) is 0 Å². The SMILES string of the molecule is CCc1nnc(NCCCSC)c(C(=O)O)c1CC. The van der Waals surface area contributed by atoms with Gasteiger partial charge >= 0.3 is 5.97 Å². The molecule has 0 unspecified atom stereocenters. The van der Waals surface area contributed by atoms with E-state index in [2.05, 4.69) is 15.5 Å². The van der Waals surface area contributed by atoms with Gasteiger partial charge in [-0.15, -0.1) is 5.10 Å². The summed E-state index contributed by atoms with van der Waals surface area (Å²) in [7, 11) is 0. The van der Waals surface area contributed by atoms with Gasteiger partial charge in [-0.25, -0.2) is 4.79 Å². The standard InChI is InChI=1S/C13H21N3O2S/c1-4-9-10(5-2)15-16-12(11(9)13(17)18)14-7-6-8-19-3/h4-8H2,1-3H3,(H,14,16)(H,17,18). The maximum absolute atomic E-state index is 11.4. The minimum Gasteiger partial charge on any atom is -0.478 e. The normalized spacial score (nSPS) is 10.5. The third-order valence-corrected chi connectivity index (χ3v) is 3.57. The van der Waals surface area contributed by atoms with Crippen LogP contribution in [-0.4, -0.2) is 39.8 Å². The fraction of sp³-hybridized carbons (Fsp3) is 0.615. The lowest BCUT2D eigenvalue weighted by Gasteiger charge is -2.13. The van der Waals surface area contributed by atoms with E-state index < -0.39 is 5.97 Å². The number of anilines is 1. The molecule has 6 heteroatoms. The van der Waals surface area contributed by atoms with Gasteiger partial charge in [-0.05, 0) is 36.8 Å². The van der Waals surface area contributed by atoms with E-state index >= 15 is 0 Å². The minimum atomic E-state index is -0.936. The molecule has 5 nitrogen and oxygen atoms in total. The maximum Gasteiger partial charge on any atom is 0.339 e. The summed E-state index contributed by atoms with van der Waals surface area (Å²) in [6.45, 7) is 4.62. The number of carbonyl (C=O) groups is 1. The van der Waals surface area contributed by atoms with E-state index in [0.29, 0.717) is 25.2 Å². The van der Waals surface area contributed by atoms with Crippen molar-refractivity contribution in [3.63, 3.8) is 0 Å². The van der Waals surface area contributed by atoms with Gasteiger partial charge in [0.15, 0.2) is 5.82 Å². The first-order valence-corrected chi connectivity index (χ1v) is 7.89. The van der Waals surface area contributed by atoms with Crippen molar-refractivity contribution in [2.45, 2.75) is 33.1 Å². The number of aromatic nitrogens is 2. The van der Waals surface area contributed by atoms with E-state index in [1.165, 1.54) is 0 Å². The lowest BCUT2D eigenvalue weighted by atomic mass is 10.0. The summed E-state index contributed by atoms with van der Waals surface area (Å²) in [6, 6.07) is 0. The van der Waals surface area contributed by atoms with Crippen LogP contribution in [0.25, 0.3) is 0 Å². The number of nitrogens with one attached hydrogen (secondary N) is 1. The predicted octanol–water partition coefficient (Wildman–Crippen LogP) is 2.46. The van der Waals surface area contributed by atoms with Crippen molar-refractivity contribution in [3.05, 3.63) is 16.8 Å². The van der Waals surface area contributed by atoms with Gasteiger partial charge in [0, 0.05) is 6.54 Å². The maximum atomic E-state index is 11.4. The Labute approximate surface area is 118 Å². The van der Waals surface area contributed by atoms with Crippen LogP contribution in [0.3, 0.4) is 0 Å². The molecule has 19 heavy (non-hydrogen) atoms. The van der Waals surface area contributed by atoms with Gasteiger partial charge in [0.2, 0.25) is 0 Å². The zero-order chi connectivity index (χ0) is 14.3. The number of hydrogen-bond donors (Lipinski definition) is 2. The molecule has 0 aliphatic heterocycles. The van der Waals surface area contributed by atoms with E-state index in [1.807, 2.05) is 20.1 Å². The first kappa shape index (κ1) is 15.8. The molecule has 1 rings (SSSR count). The molecule has 0 bridgehead atoms. The number of rotatable bonds is 8. The molecule has 1 aromatic rings. The molecule has 0 aliphatic carbocycles. The molecule has 0 atom stereocenters. The molecule has 0 spiro atoms. The molecule has 0 aliphatic rings. The minimum absolute atomic E-state index is 0.276. The van der Waals surface area contributed by atoms with Gasteiger partial charge in [0.05, 0.1) is 5.69 Å². The summed E-state index contributed by atoms with van der Waals surface area (Å²) in [5.41, 5.74) is 1.84. The van der Waals surface area contributed by atoms with Crippen LogP contribution in [0.15, 0.2) is 0 Å². The quantitative estimate of drug-likeness (QED) is 0.714. The first-order valence-electron chi connectivity index (χ1n) is 6.50. The third kappa shape index (κ3) is 4.09. The molecule has 2 N–H and O–H groups in total. The molecular weight excluding hydrogens is 262 g/mol. The second-order valence-electron chi connectivity index (χ2n) is 4.13. The highest BCUT2D eigenvalue weighted by atomic mass is 32.2. The lowest BCUT2D eigenvalue weighted by Crippen LogP contribution is -2.16. The number of carboxylic acids is 1. The Morgan fingerprint density at radius 3 is 2.58 bits per heavy atom. The Balaban J connectivity index is 3.00. The molecule has 1 heterocycles. The van der Waals surface area contributed by atoms with E-state index in [9.17, 15) is 9.90 Å². The topological polar surface area (TPSA) is 75.1 Å². The van der Waals surface area contributed by atoms with Crippen LogP contribution in [0, 0.1) is 0 Å². The van der Waals surface area contributed by atoms with Crippen molar-refractivity contribution >= 4 is 23.5 Å². The number of aryl methyl sites for hydroxylation is 1. The van der Waals surface area contributed by atoms with Gasteiger partial charge < -0.3 is 10.4 Å². The smallest absolute Gasteiger partial charge is 0.339 e. The molecule has 0 amide bonds. The van der Waals surface area contributed by atoms with Crippen LogP contribution in [0.4, 0.5) is 5.82 Å². The Bertz CT molecular complexity index is 438. The highest BCUT2D eigenvalue weighted by molar-refractivity contribution is 7.98. The molecule has 0 saturated heterocycles. The molecule has 1 aromatic heterocycles. The fourth-order valence-electron chi connectivity index (χ4n) is 1.95. The van der Waals surface area contributed by atoms with Crippen molar-refractivity contribution in [2.75, 3.05) is 23.9 Å². The summed E-state index contributed by atoms with van der Waals surface area (Å²) in [6.07, 6.45) is 4.37. The predicted molar refractivity (Wildman–Crippen MR) is 79.2 cm³/mol. The highest BCUT2D eigenvalue weighted by Crippen LogP contribution is 2.21. The van der Waals surface area contributed by atoms with Crippen LogP contribution in [0.1, 0.15) is 41.9 Å². The van der Waals surface area contributed by atoms with E-state index in [4.69, 9.17) is 0 Å². The van der Waals surface area contributed by atoms with Crippen LogP contribution < -0.4 is 5.32 Å². The Morgan fingerprint density at radius 1 is 1.32 bits per heavy atom. The molecule has 0 aromatic carbocycles. The van der Waals surface area contributed by atoms with E-state index in [1.54, 1.807) is 11.8 Å². The molecule has 0 saturated carbocycles. The summed E-state index contributed by atoms with van der Waals surface area (Å²) in [5, 5.41) is 20.6. The summed E-state index contributed by atoms with van der Waals surface area (Å²) in [4.78, 5) is 11.4. The average molecular weight is 283 g/mol. The largest absolute Gasteiger partial charge is 0.478 e. The van der Waals surface area contributed by atoms with Crippen molar-refractivity contribution in [1.29, 1.82) is 0 Å². The second-order valence-corrected chi connectivity index (χ2v) is 5.12. The average Bonchev–Trinajstić information content (AvgIpc) is 2.42. The lowest BCUT2D eigenvalue weighted by molar-refractivity contribution is 0.0696. The Hall–Kier alpha value is -1.30. The van der Waals surface area contributed by atoms with Gasteiger partial charge in [-0.1, -0.05) is 13.8 Å². The molecule has 0 radical (unpaired) electrons. The molecule has 106 valence electrons. The zero-order valence-corrected chi connectivity index (χ0v) is 12.5. The second kappa shape index (κ2) is 7.99. The Kier molecular flexibility index (Phi) is 6.62. The fourth-order valence-corrected chi connectivity index (χ4v) is 2.38. The van der Waals surface area contributed by atoms with Crippen molar-refractivity contribution in [1.82, 2.24) is 10.2 Å². The third-order valence-electron chi connectivity index (χ3n) is 2.88. The highest BCUT2D eigenvalue weighted by Gasteiger charge is 2.19. The van der Waals surface area contributed by atoms with Gasteiger partial charge in [0.25, 0.3) is 0 Å². The van der Waals surface area contributed by atoms with Crippen LogP contribution >= 0.6 is 11.8 Å².